The molecule has 0 aliphatic heterocycles. The second-order valence-electron chi connectivity index (χ2n) is 4.94. The van der Waals surface area contributed by atoms with Gasteiger partial charge in [-0.15, -0.1) is 10.2 Å². The molecule has 0 bridgehead atoms. The smallest absolute Gasteiger partial charge is 0.277 e. The number of hydrogen-bond donors (Lipinski definition) is 1. The van der Waals surface area contributed by atoms with Crippen molar-refractivity contribution in [1.82, 2.24) is 15.5 Å². The topological polar surface area (TPSA) is 81.2 Å². The van der Waals surface area contributed by atoms with Gasteiger partial charge in [-0.3, -0.25) is 4.79 Å². The van der Waals surface area contributed by atoms with Crippen molar-refractivity contribution in [3.63, 3.8) is 0 Å². The molecule has 124 valence electrons. The fourth-order valence-electron chi connectivity index (χ4n) is 1.93. The number of benzene rings is 1. The first-order valence-corrected chi connectivity index (χ1v) is 8.44. The molecule has 24 heavy (non-hydrogen) atoms. The summed E-state index contributed by atoms with van der Waals surface area (Å²) in [4.78, 5) is 12.1. The van der Waals surface area contributed by atoms with Gasteiger partial charge < -0.3 is 14.2 Å². The maximum Gasteiger partial charge on any atom is 0.277 e. The van der Waals surface area contributed by atoms with Crippen molar-refractivity contribution in [2.24, 2.45) is 0 Å². The van der Waals surface area contributed by atoms with Gasteiger partial charge in [-0.1, -0.05) is 29.4 Å². The Balaban J connectivity index is 1.58. The SMILES string of the molecule is C[C@H](Sc1nnc(-c2cccc(Cl)c2)o1)C(=O)NCc1ccco1. The first kappa shape index (κ1) is 16.6. The summed E-state index contributed by atoms with van der Waals surface area (Å²) in [6.45, 7) is 2.11. The molecule has 3 aromatic rings. The van der Waals surface area contributed by atoms with E-state index in [-0.39, 0.29) is 11.2 Å². The van der Waals surface area contributed by atoms with Gasteiger partial charge in [0.05, 0.1) is 18.1 Å². The monoisotopic (exact) mass is 363 g/mol. The second kappa shape index (κ2) is 7.55. The highest BCUT2D eigenvalue weighted by Gasteiger charge is 2.18. The van der Waals surface area contributed by atoms with Crippen LogP contribution < -0.4 is 5.32 Å². The summed E-state index contributed by atoms with van der Waals surface area (Å²) in [5, 5.41) is 11.3. The Labute approximate surface area is 147 Å². The van der Waals surface area contributed by atoms with Gasteiger partial charge in [-0.05, 0) is 37.3 Å². The number of rotatable bonds is 6. The molecule has 1 atom stereocenters. The molecule has 0 unspecified atom stereocenters. The lowest BCUT2D eigenvalue weighted by Crippen LogP contribution is -2.30. The summed E-state index contributed by atoms with van der Waals surface area (Å²) in [7, 11) is 0. The van der Waals surface area contributed by atoms with E-state index in [4.69, 9.17) is 20.4 Å². The van der Waals surface area contributed by atoms with Crippen molar-refractivity contribution < 1.29 is 13.6 Å². The summed E-state index contributed by atoms with van der Waals surface area (Å²) in [5.74, 6) is 0.920. The lowest BCUT2D eigenvalue weighted by Gasteiger charge is -2.08. The van der Waals surface area contributed by atoms with Crippen molar-refractivity contribution >= 4 is 29.3 Å². The molecule has 3 rings (SSSR count). The molecule has 0 aliphatic rings. The maximum absolute atomic E-state index is 12.1. The Bertz CT molecular complexity index is 820. The molecule has 0 aliphatic carbocycles. The Kier molecular flexibility index (Phi) is 5.22. The highest BCUT2D eigenvalue weighted by molar-refractivity contribution is 8.00. The standard InChI is InChI=1S/C16H14ClN3O3S/c1-10(14(21)18-9-13-6-3-7-22-13)24-16-20-19-15(23-16)11-4-2-5-12(17)8-11/h2-8,10H,9H2,1H3,(H,18,21)/t10-/m0/s1. The van der Waals surface area contributed by atoms with Crippen LogP contribution in [0, 0.1) is 0 Å². The summed E-state index contributed by atoms with van der Waals surface area (Å²) in [6.07, 6.45) is 1.56. The average Bonchev–Trinajstić information content (AvgIpc) is 3.24. The van der Waals surface area contributed by atoms with Crippen LogP contribution >= 0.6 is 23.4 Å². The number of thioether (sulfide) groups is 1. The van der Waals surface area contributed by atoms with Crippen LogP contribution in [0.25, 0.3) is 11.5 Å². The zero-order chi connectivity index (χ0) is 16.9. The zero-order valence-corrected chi connectivity index (χ0v) is 14.3. The predicted molar refractivity (Wildman–Crippen MR) is 90.6 cm³/mol. The highest BCUT2D eigenvalue weighted by atomic mass is 35.5. The molecule has 0 saturated heterocycles. The number of carbonyl (C=O) groups is 1. The minimum absolute atomic E-state index is 0.140. The quantitative estimate of drug-likeness (QED) is 0.671. The van der Waals surface area contributed by atoms with Crippen LogP contribution in [0.3, 0.4) is 0 Å². The van der Waals surface area contributed by atoms with Crippen LogP contribution in [-0.2, 0) is 11.3 Å². The lowest BCUT2D eigenvalue weighted by molar-refractivity contribution is -0.120. The van der Waals surface area contributed by atoms with Crippen molar-refractivity contribution in [2.45, 2.75) is 23.9 Å². The number of amides is 1. The molecule has 1 N–H and O–H groups in total. The highest BCUT2D eigenvalue weighted by Crippen LogP contribution is 2.27. The van der Waals surface area contributed by atoms with Gasteiger partial charge >= 0.3 is 0 Å². The van der Waals surface area contributed by atoms with Gasteiger partial charge in [-0.2, -0.15) is 0 Å². The van der Waals surface area contributed by atoms with Gasteiger partial charge in [0.1, 0.15) is 5.76 Å². The predicted octanol–water partition coefficient (Wildman–Crippen LogP) is 3.78. The van der Waals surface area contributed by atoms with Gasteiger partial charge in [-0.25, -0.2) is 0 Å². The van der Waals surface area contributed by atoms with E-state index in [1.807, 2.05) is 6.07 Å². The maximum atomic E-state index is 12.1. The van der Waals surface area contributed by atoms with Gasteiger partial charge in [0.2, 0.25) is 11.8 Å². The van der Waals surface area contributed by atoms with Crippen LogP contribution in [0.5, 0.6) is 0 Å². The number of nitrogens with zero attached hydrogens (tertiary/aromatic N) is 2. The molecule has 6 nitrogen and oxygen atoms in total. The molecule has 2 heterocycles. The lowest BCUT2D eigenvalue weighted by atomic mass is 10.2. The van der Waals surface area contributed by atoms with Crippen LogP contribution in [0.2, 0.25) is 5.02 Å². The van der Waals surface area contributed by atoms with Crippen LogP contribution in [0.1, 0.15) is 12.7 Å². The van der Waals surface area contributed by atoms with Crippen molar-refractivity contribution in [3.05, 3.63) is 53.4 Å². The molecule has 0 fully saturated rings. The zero-order valence-electron chi connectivity index (χ0n) is 12.7. The third-order valence-corrected chi connectivity index (χ3v) is 4.31. The number of nitrogens with one attached hydrogen (secondary N) is 1. The summed E-state index contributed by atoms with van der Waals surface area (Å²) in [5.41, 5.74) is 0.733. The Hall–Kier alpha value is -2.25. The molecule has 0 saturated carbocycles. The normalized spacial score (nSPS) is 12.1. The van der Waals surface area contributed by atoms with E-state index in [9.17, 15) is 4.79 Å². The third kappa shape index (κ3) is 4.18. The Morgan fingerprint density at radius 1 is 1.33 bits per heavy atom. The van der Waals surface area contributed by atoms with E-state index in [2.05, 4.69) is 15.5 Å². The number of hydrogen-bond acceptors (Lipinski definition) is 6. The molecule has 2 aromatic heterocycles. The van der Waals surface area contributed by atoms with Crippen molar-refractivity contribution in [1.29, 1.82) is 0 Å². The minimum atomic E-state index is -0.382. The fourth-order valence-corrected chi connectivity index (χ4v) is 2.83. The first-order chi connectivity index (χ1) is 11.6. The molecule has 0 radical (unpaired) electrons. The molecule has 1 aromatic carbocycles. The van der Waals surface area contributed by atoms with Crippen molar-refractivity contribution in [2.75, 3.05) is 0 Å². The third-order valence-electron chi connectivity index (χ3n) is 3.14. The van der Waals surface area contributed by atoms with E-state index < -0.39 is 0 Å². The molecular formula is C16H14ClN3O3S. The van der Waals surface area contributed by atoms with E-state index in [1.165, 1.54) is 11.8 Å². The first-order valence-electron chi connectivity index (χ1n) is 7.18. The summed E-state index contributed by atoms with van der Waals surface area (Å²) in [6, 6.07) is 10.7. The van der Waals surface area contributed by atoms with Gasteiger partial charge in [0.15, 0.2) is 0 Å². The molecule has 8 heteroatoms. The Morgan fingerprint density at radius 2 is 2.21 bits per heavy atom. The minimum Gasteiger partial charge on any atom is -0.467 e. The van der Waals surface area contributed by atoms with Gasteiger partial charge in [0, 0.05) is 10.6 Å². The molecular weight excluding hydrogens is 350 g/mol. The number of furan rings is 1. The number of carbonyl (C=O) groups excluding carboxylic acids is 1. The largest absolute Gasteiger partial charge is 0.467 e. The second-order valence-corrected chi connectivity index (χ2v) is 6.67. The molecule has 1 amide bonds. The van der Waals surface area contributed by atoms with Crippen LogP contribution in [-0.4, -0.2) is 21.4 Å². The van der Waals surface area contributed by atoms with Gasteiger partial charge in [0.25, 0.3) is 5.22 Å². The fraction of sp³-hybridized carbons (Fsp3) is 0.188. The van der Waals surface area contributed by atoms with E-state index in [0.29, 0.717) is 28.4 Å². The average molecular weight is 364 g/mol. The van der Waals surface area contributed by atoms with Crippen LogP contribution in [0.4, 0.5) is 0 Å². The van der Waals surface area contributed by atoms with E-state index in [1.54, 1.807) is 43.5 Å². The Morgan fingerprint density at radius 3 is 2.96 bits per heavy atom. The summed E-state index contributed by atoms with van der Waals surface area (Å²) < 4.78 is 10.8. The van der Waals surface area contributed by atoms with E-state index >= 15 is 0 Å². The summed E-state index contributed by atoms with van der Waals surface area (Å²) >= 11 is 7.14. The van der Waals surface area contributed by atoms with Crippen molar-refractivity contribution in [3.8, 4) is 11.5 Å². The molecule has 0 spiro atoms. The van der Waals surface area contributed by atoms with E-state index in [0.717, 1.165) is 5.56 Å². The number of aromatic nitrogens is 2. The number of halogens is 1. The van der Waals surface area contributed by atoms with Crippen LogP contribution in [0.15, 0.2) is 56.7 Å².